The molecule has 0 spiro atoms. The molecule has 152 valence electrons. The average Bonchev–Trinajstić information content (AvgIpc) is 3.09. The molecule has 0 bridgehead atoms. The Morgan fingerprint density at radius 1 is 1.10 bits per heavy atom. The molecule has 0 atom stereocenters. The standard InChI is InChI=1S/C22H23Cl2N3OS/c1-4-12-27-21(16-8-10-17(11-9-16)28-13-15(2)3)25-26-22(27)29-14-18-19(23)6-5-7-20(18)24/h4-11,15H,1,12-14H2,2-3H3. The molecule has 0 saturated carbocycles. The topological polar surface area (TPSA) is 39.9 Å². The summed E-state index contributed by atoms with van der Waals surface area (Å²) in [6, 6.07) is 13.4. The summed E-state index contributed by atoms with van der Waals surface area (Å²) in [6.45, 7) is 9.41. The first-order valence-electron chi connectivity index (χ1n) is 9.32. The van der Waals surface area contributed by atoms with Crippen molar-refractivity contribution in [2.75, 3.05) is 6.61 Å². The second kappa shape index (κ2) is 10.2. The molecule has 3 aromatic rings. The molecule has 4 nitrogen and oxygen atoms in total. The van der Waals surface area contributed by atoms with Crippen LogP contribution in [-0.2, 0) is 12.3 Å². The number of hydrogen-bond acceptors (Lipinski definition) is 4. The Kier molecular flexibility index (Phi) is 7.64. The quantitative estimate of drug-likeness (QED) is 0.268. The monoisotopic (exact) mass is 447 g/mol. The third-order valence-corrected chi connectivity index (χ3v) is 5.83. The highest BCUT2D eigenvalue weighted by Gasteiger charge is 2.15. The molecular formula is C22H23Cl2N3OS. The highest BCUT2D eigenvalue weighted by Crippen LogP contribution is 2.32. The summed E-state index contributed by atoms with van der Waals surface area (Å²) in [5.41, 5.74) is 1.86. The zero-order chi connectivity index (χ0) is 20.8. The van der Waals surface area contributed by atoms with Gasteiger partial charge in [-0.15, -0.1) is 16.8 Å². The SMILES string of the molecule is C=CCn1c(SCc2c(Cl)cccc2Cl)nnc1-c1ccc(OCC(C)C)cc1. The summed E-state index contributed by atoms with van der Waals surface area (Å²) >= 11 is 14.1. The normalized spacial score (nSPS) is 11.1. The highest BCUT2D eigenvalue weighted by molar-refractivity contribution is 7.98. The fourth-order valence-corrected chi connectivity index (χ4v) is 4.36. The van der Waals surface area contributed by atoms with Crippen LogP contribution in [0.1, 0.15) is 19.4 Å². The number of ether oxygens (including phenoxy) is 1. The van der Waals surface area contributed by atoms with Crippen LogP contribution in [0.4, 0.5) is 0 Å². The largest absolute Gasteiger partial charge is 0.493 e. The summed E-state index contributed by atoms with van der Waals surface area (Å²) in [5.74, 6) is 2.72. The van der Waals surface area contributed by atoms with Crippen molar-refractivity contribution in [3.8, 4) is 17.1 Å². The molecule has 0 saturated heterocycles. The minimum Gasteiger partial charge on any atom is -0.493 e. The van der Waals surface area contributed by atoms with Crippen molar-refractivity contribution in [1.82, 2.24) is 14.8 Å². The molecule has 0 aliphatic carbocycles. The molecule has 3 rings (SSSR count). The number of thioether (sulfide) groups is 1. The van der Waals surface area contributed by atoms with Crippen LogP contribution in [0.25, 0.3) is 11.4 Å². The van der Waals surface area contributed by atoms with Gasteiger partial charge in [-0.3, -0.25) is 4.57 Å². The van der Waals surface area contributed by atoms with E-state index in [4.69, 9.17) is 27.9 Å². The molecule has 0 aliphatic heterocycles. The first-order valence-corrected chi connectivity index (χ1v) is 11.1. The summed E-state index contributed by atoms with van der Waals surface area (Å²) in [4.78, 5) is 0. The Hall–Kier alpha value is -1.95. The lowest BCUT2D eigenvalue weighted by Crippen LogP contribution is -2.04. The van der Waals surface area contributed by atoms with E-state index in [1.165, 1.54) is 0 Å². The maximum atomic E-state index is 6.29. The summed E-state index contributed by atoms with van der Waals surface area (Å²) in [7, 11) is 0. The first-order chi connectivity index (χ1) is 14.0. The number of nitrogens with zero attached hydrogens (tertiary/aromatic N) is 3. The van der Waals surface area contributed by atoms with Crippen molar-refractivity contribution in [1.29, 1.82) is 0 Å². The van der Waals surface area contributed by atoms with Crippen molar-refractivity contribution in [2.24, 2.45) is 5.92 Å². The number of allylic oxidation sites excluding steroid dienone is 1. The van der Waals surface area contributed by atoms with Crippen LogP contribution in [0, 0.1) is 5.92 Å². The maximum Gasteiger partial charge on any atom is 0.192 e. The van der Waals surface area contributed by atoms with Crippen molar-refractivity contribution in [2.45, 2.75) is 31.3 Å². The summed E-state index contributed by atoms with van der Waals surface area (Å²) in [6.07, 6.45) is 1.83. The van der Waals surface area contributed by atoms with Gasteiger partial charge in [0, 0.05) is 27.9 Å². The van der Waals surface area contributed by atoms with Gasteiger partial charge < -0.3 is 4.74 Å². The molecule has 29 heavy (non-hydrogen) atoms. The van der Waals surface area contributed by atoms with Crippen molar-refractivity contribution < 1.29 is 4.74 Å². The number of rotatable bonds is 9. The smallest absolute Gasteiger partial charge is 0.192 e. The number of aromatic nitrogens is 3. The van der Waals surface area contributed by atoms with Gasteiger partial charge in [0.05, 0.1) is 6.61 Å². The van der Waals surface area contributed by atoms with Gasteiger partial charge in [-0.05, 0) is 47.9 Å². The van der Waals surface area contributed by atoms with Crippen molar-refractivity contribution >= 4 is 35.0 Å². The van der Waals surface area contributed by atoms with Crippen LogP contribution in [0.2, 0.25) is 10.0 Å². The molecule has 1 aromatic heterocycles. The van der Waals surface area contributed by atoms with E-state index in [0.717, 1.165) is 27.9 Å². The maximum absolute atomic E-state index is 6.29. The average molecular weight is 448 g/mol. The Morgan fingerprint density at radius 3 is 2.41 bits per heavy atom. The fraction of sp³-hybridized carbons (Fsp3) is 0.273. The van der Waals surface area contributed by atoms with E-state index in [-0.39, 0.29) is 0 Å². The molecule has 0 radical (unpaired) electrons. The van der Waals surface area contributed by atoms with Gasteiger partial charge in [0.2, 0.25) is 0 Å². The van der Waals surface area contributed by atoms with Crippen LogP contribution in [-0.4, -0.2) is 21.4 Å². The van der Waals surface area contributed by atoms with E-state index in [0.29, 0.717) is 34.9 Å². The van der Waals surface area contributed by atoms with E-state index in [1.54, 1.807) is 11.8 Å². The molecule has 0 unspecified atom stereocenters. The minimum absolute atomic E-state index is 0.483. The van der Waals surface area contributed by atoms with Gasteiger partial charge in [-0.1, -0.05) is 61.0 Å². The van der Waals surface area contributed by atoms with Crippen LogP contribution in [0.15, 0.2) is 60.3 Å². The lowest BCUT2D eigenvalue weighted by atomic mass is 10.2. The minimum atomic E-state index is 0.483. The molecule has 0 aliphatic rings. The summed E-state index contributed by atoms with van der Waals surface area (Å²) in [5, 5.41) is 10.9. The Bertz CT molecular complexity index is 950. The van der Waals surface area contributed by atoms with Gasteiger partial charge in [0.1, 0.15) is 5.75 Å². The van der Waals surface area contributed by atoms with E-state index < -0.39 is 0 Å². The zero-order valence-electron chi connectivity index (χ0n) is 16.4. The lowest BCUT2D eigenvalue weighted by Gasteiger charge is -2.11. The third-order valence-electron chi connectivity index (χ3n) is 4.13. The van der Waals surface area contributed by atoms with Gasteiger partial charge in [0.15, 0.2) is 11.0 Å². The lowest BCUT2D eigenvalue weighted by molar-refractivity contribution is 0.271. The van der Waals surface area contributed by atoms with Crippen molar-refractivity contribution in [3.05, 3.63) is 70.7 Å². The predicted molar refractivity (Wildman–Crippen MR) is 122 cm³/mol. The van der Waals surface area contributed by atoms with Crippen LogP contribution >= 0.6 is 35.0 Å². The van der Waals surface area contributed by atoms with Crippen LogP contribution < -0.4 is 4.74 Å². The third kappa shape index (κ3) is 5.56. The Morgan fingerprint density at radius 2 is 1.79 bits per heavy atom. The molecule has 0 N–H and O–H groups in total. The molecule has 0 amide bonds. The second-order valence-electron chi connectivity index (χ2n) is 6.92. The molecule has 2 aromatic carbocycles. The number of halogens is 2. The van der Waals surface area contributed by atoms with Crippen molar-refractivity contribution in [3.63, 3.8) is 0 Å². The van der Waals surface area contributed by atoms with E-state index in [2.05, 4.69) is 30.6 Å². The second-order valence-corrected chi connectivity index (χ2v) is 8.68. The first kappa shape index (κ1) is 21.8. The van der Waals surface area contributed by atoms with Gasteiger partial charge >= 0.3 is 0 Å². The molecule has 1 heterocycles. The van der Waals surface area contributed by atoms with E-state index in [1.807, 2.05) is 53.1 Å². The summed E-state index contributed by atoms with van der Waals surface area (Å²) < 4.78 is 7.80. The van der Waals surface area contributed by atoms with Gasteiger partial charge in [-0.25, -0.2) is 0 Å². The number of benzene rings is 2. The molecular weight excluding hydrogens is 425 g/mol. The zero-order valence-corrected chi connectivity index (χ0v) is 18.8. The van der Waals surface area contributed by atoms with Gasteiger partial charge in [-0.2, -0.15) is 0 Å². The number of hydrogen-bond donors (Lipinski definition) is 0. The van der Waals surface area contributed by atoms with E-state index >= 15 is 0 Å². The molecule has 0 fully saturated rings. The highest BCUT2D eigenvalue weighted by atomic mass is 35.5. The predicted octanol–water partition coefficient (Wildman–Crippen LogP) is 6.77. The Labute approximate surface area is 185 Å². The van der Waals surface area contributed by atoms with E-state index in [9.17, 15) is 0 Å². The fourth-order valence-electron chi connectivity index (χ4n) is 2.67. The van der Waals surface area contributed by atoms with Crippen LogP contribution in [0.3, 0.4) is 0 Å². The van der Waals surface area contributed by atoms with Crippen LogP contribution in [0.5, 0.6) is 5.75 Å². The van der Waals surface area contributed by atoms with Gasteiger partial charge in [0.25, 0.3) is 0 Å². The Balaban J connectivity index is 1.80. The molecule has 7 heteroatoms.